The highest BCUT2D eigenvalue weighted by Crippen LogP contribution is 2.32. The summed E-state index contributed by atoms with van der Waals surface area (Å²) >= 11 is 0. The van der Waals surface area contributed by atoms with Crippen LogP contribution in [0.2, 0.25) is 0 Å². The van der Waals surface area contributed by atoms with Crippen LogP contribution in [-0.4, -0.2) is 121 Å². The Morgan fingerprint density at radius 3 is 1.49 bits per heavy atom. The van der Waals surface area contributed by atoms with Crippen molar-refractivity contribution in [3.63, 3.8) is 0 Å². The van der Waals surface area contributed by atoms with Gasteiger partial charge in [-0.1, -0.05) is 30.3 Å². The van der Waals surface area contributed by atoms with Crippen LogP contribution in [0.25, 0.3) is 0 Å². The Bertz CT molecular complexity index is 2810. The van der Waals surface area contributed by atoms with Gasteiger partial charge in [0.1, 0.15) is 54.1 Å². The van der Waals surface area contributed by atoms with E-state index in [1.165, 1.54) is 6.92 Å². The standard InChI is InChI=1S/C52H48F4N4O14/c1-28(58-29(2)61)47(64)60(3)40(46(63)59-39(45(57)62)25-30-7-5-4-6-8-30)26-70-52-44(74-51(68)34-15-23-38(56)24-16-34)43(73-50(67)33-13-21-37(55)22-14-33)42(72-49(66)32-11-19-36(54)20-12-32)41(71-52)27-69-48(65)31-9-17-35(53)18-10-31/h4-24,28,39-44,52H,25-27H2,1-3H3,(H2,57,62)(H,58,61)(H,59,63)/t28-,39+,40+,41-,42-,43+,44-,52-/m1/s1. The molecular weight excluding hydrogens is 981 g/mol. The number of carbonyl (C=O) groups excluding carboxylic acids is 8. The van der Waals surface area contributed by atoms with Crippen molar-refractivity contribution in [1.29, 1.82) is 0 Å². The van der Waals surface area contributed by atoms with Crippen LogP contribution >= 0.6 is 0 Å². The van der Waals surface area contributed by atoms with Gasteiger partial charge in [-0.15, -0.1) is 0 Å². The molecule has 74 heavy (non-hydrogen) atoms. The number of rotatable bonds is 20. The molecule has 0 aromatic heterocycles. The van der Waals surface area contributed by atoms with E-state index in [-0.39, 0.29) is 28.7 Å². The Hall–Kier alpha value is -8.50. The number of benzene rings is 5. The number of esters is 4. The maximum absolute atomic E-state index is 14.4. The number of hydrogen-bond donors (Lipinski definition) is 3. The van der Waals surface area contributed by atoms with Crippen molar-refractivity contribution < 1.29 is 84.3 Å². The van der Waals surface area contributed by atoms with Crippen molar-refractivity contribution in [2.75, 3.05) is 20.3 Å². The summed E-state index contributed by atoms with van der Waals surface area (Å²) in [4.78, 5) is 109. The second-order valence-electron chi connectivity index (χ2n) is 16.7. The number of ether oxygens (including phenoxy) is 6. The minimum absolute atomic E-state index is 0.111. The fourth-order valence-electron chi connectivity index (χ4n) is 7.42. The summed E-state index contributed by atoms with van der Waals surface area (Å²) < 4.78 is 91.9. The van der Waals surface area contributed by atoms with Crippen molar-refractivity contribution in [2.24, 2.45) is 5.73 Å². The first-order valence-corrected chi connectivity index (χ1v) is 22.5. The molecule has 0 saturated carbocycles. The molecule has 1 aliphatic heterocycles. The molecule has 4 amide bonds. The largest absolute Gasteiger partial charge is 0.459 e. The van der Waals surface area contributed by atoms with Gasteiger partial charge in [0, 0.05) is 20.4 Å². The van der Waals surface area contributed by atoms with Gasteiger partial charge in [0.2, 0.25) is 23.6 Å². The van der Waals surface area contributed by atoms with Crippen molar-refractivity contribution >= 4 is 47.5 Å². The maximum Gasteiger partial charge on any atom is 0.338 e. The molecule has 0 bridgehead atoms. The van der Waals surface area contributed by atoms with Crippen molar-refractivity contribution in [1.82, 2.24) is 15.5 Å². The number of halogens is 4. The first kappa shape index (κ1) is 54.8. The lowest BCUT2D eigenvalue weighted by Gasteiger charge is -2.44. The summed E-state index contributed by atoms with van der Waals surface area (Å²) in [5, 5.41) is 4.92. The van der Waals surface area contributed by atoms with Crippen LogP contribution in [0.3, 0.4) is 0 Å². The van der Waals surface area contributed by atoms with E-state index in [4.69, 9.17) is 34.2 Å². The molecule has 5 aromatic carbocycles. The van der Waals surface area contributed by atoms with E-state index in [1.807, 2.05) is 0 Å². The van der Waals surface area contributed by atoms with Gasteiger partial charge < -0.3 is 49.7 Å². The van der Waals surface area contributed by atoms with Crippen molar-refractivity contribution in [3.8, 4) is 0 Å². The molecule has 8 atom stereocenters. The molecule has 18 nitrogen and oxygen atoms in total. The van der Waals surface area contributed by atoms with Gasteiger partial charge in [0.05, 0.1) is 28.9 Å². The Morgan fingerprint density at radius 1 is 0.608 bits per heavy atom. The van der Waals surface area contributed by atoms with Crippen LogP contribution in [0.1, 0.15) is 60.8 Å². The number of amides is 4. The van der Waals surface area contributed by atoms with Crippen LogP contribution in [0.5, 0.6) is 0 Å². The number of hydrogen-bond acceptors (Lipinski definition) is 14. The Kier molecular flexibility index (Phi) is 18.7. The van der Waals surface area contributed by atoms with Gasteiger partial charge in [0.25, 0.3) is 0 Å². The third kappa shape index (κ3) is 14.8. The van der Waals surface area contributed by atoms with Crippen LogP contribution in [-0.2, 0) is 54.0 Å². The van der Waals surface area contributed by atoms with E-state index in [9.17, 15) is 55.9 Å². The maximum atomic E-state index is 14.4. The minimum Gasteiger partial charge on any atom is -0.459 e. The molecule has 22 heteroatoms. The lowest BCUT2D eigenvalue weighted by atomic mass is 9.97. The third-order valence-electron chi connectivity index (χ3n) is 11.3. The highest BCUT2D eigenvalue weighted by molar-refractivity contribution is 5.94. The summed E-state index contributed by atoms with van der Waals surface area (Å²) in [5.41, 5.74) is 5.26. The average Bonchev–Trinajstić information content (AvgIpc) is 3.37. The smallest absolute Gasteiger partial charge is 0.338 e. The number of primary amides is 1. The van der Waals surface area contributed by atoms with E-state index < -0.39 is 133 Å². The van der Waals surface area contributed by atoms with Gasteiger partial charge in [-0.05, 0) is 110 Å². The van der Waals surface area contributed by atoms with Crippen molar-refractivity contribution in [2.45, 2.75) is 69.1 Å². The predicted octanol–water partition coefficient (Wildman–Crippen LogP) is 4.38. The zero-order chi connectivity index (χ0) is 53.6. The predicted molar refractivity (Wildman–Crippen MR) is 249 cm³/mol. The van der Waals surface area contributed by atoms with Gasteiger partial charge in [0.15, 0.2) is 24.6 Å². The van der Waals surface area contributed by atoms with Crippen LogP contribution in [0, 0.1) is 23.3 Å². The Labute approximate surface area is 420 Å². The molecule has 4 N–H and O–H groups in total. The fourth-order valence-corrected chi connectivity index (χ4v) is 7.42. The molecule has 1 saturated heterocycles. The molecule has 0 aliphatic carbocycles. The molecule has 6 rings (SSSR count). The van der Waals surface area contributed by atoms with Gasteiger partial charge in [-0.25, -0.2) is 36.7 Å². The quantitative estimate of drug-likeness (QED) is 0.0557. The molecular formula is C52H48F4N4O14. The van der Waals surface area contributed by atoms with E-state index >= 15 is 0 Å². The second-order valence-corrected chi connectivity index (χ2v) is 16.7. The molecule has 5 aromatic rings. The number of likely N-dealkylation sites (N-methyl/N-ethyl adjacent to an activating group) is 1. The van der Waals surface area contributed by atoms with Gasteiger partial charge in [-0.3, -0.25) is 19.2 Å². The molecule has 1 aliphatic rings. The SMILES string of the molecule is CC(=O)N[C@H](C)C(=O)N(C)[C@@H](CO[C@@H]1O[C@H](COC(=O)c2ccc(F)cc2)[C@@H](OC(=O)c2ccc(F)cc2)[C@H](OC(=O)c2ccc(F)cc2)[C@H]1OC(=O)c1ccc(F)cc1)C(=O)N[C@@H](Cc1ccccc1)C(N)=O. The number of carbonyl (C=O) groups is 8. The fraction of sp³-hybridized carbons (Fsp3) is 0.269. The first-order chi connectivity index (χ1) is 35.3. The van der Waals surface area contributed by atoms with Crippen LogP contribution in [0.4, 0.5) is 17.6 Å². The molecule has 0 spiro atoms. The zero-order valence-electron chi connectivity index (χ0n) is 39.6. The number of nitrogens with two attached hydrogens (primary N) is 1. The second kappa shape index (κ2) is 25.2. The van der Waals surface area contributed by atoms with Crippen LogP contribution in [0.15, 0.2) is 127 Å². The van der Waals surface area contributed by atoms with E-state index in [2.05, 4.69) is 10.6 Å². The third-order valence-corrected chi connectivity index (χ3v) is 11.3. The van der Waals surface area contributed by atoms with Gasteiger partial charge in [-0.2, -0.15) is 0 Å². The van der Waals surface area contributed by atoms with E-state index in [0.717, 1.165) is 116 Å². The normalized spacial score (nSPS) is 18.3. The summed E-state index contributed by atoms with van der Waals surface area (Å²) in [7, 11) is 1.16. The lowest BCUT2D eigenvalue weighted by molar-refractivity contribution is -0.300. The summed E-state index contributed by atoms with van der Waals surface area (Å²) in [5.74, 6) is -11.3. The van der Waals surface area contributed by atoms with E-state index in [1.54, 1.807) is 30.3 Å². The zero-order valence-corrected chi connectivity index (χ0v) is 39.6. The van der Waals surface area contributed by atoms with Gasteiger partial charge >= 0.3 is 23.9 Å². The molecule has 1 heterocycles. The van der Waals surface area contributed by atoms with E-state index in [0.29, 0.717) is 5.56 Å². The molecule has 388 valence electrons. The van der Waals surface area contributed by atoms with Crippen LogP contribution < -0.4 is 16.4 Å². The highest BCUT2D eigenvalue weighted by atomic mass is 19.1. The topological polar surface area (TPSA) is 245 Å². The summed E-state index contributed by atoms with van der Waals surface area (Å²) in [6.45, 7) is 0.589. The van der Waals surface area contributed by atoms with Crippen molar-refractivity contribution in [3.05, 3.63) is 178 Å². The average molecular weight is 1030 g/mol. The monoisotopic (exact) mass is 1030 g/mol. The molecule has 0 unspecified atom stereocenters. The minimum atomic E-state index is -2.12. The lowest BCUT2D eigenvalue weighted by Crippen LogP contribution is -2.64. The summed E-state index contributed by atoms with van der Waals surface area (Å²) in [6.07, 6.45) is -10.3. The first-order valence-electron chi connectivity index (χ1n) is 22.5. The number of nitrogens with one attached hydrogen (secondary N) is 2. The Balaban J connectivity index is 1.46. The Morgan fingerprint density at radius 2 is 1.04 bits per heavy atom. The highest BCUT2D eigenvalue weighted by Gasteiger charge is 2.54. The molecule has 0 radical (unpaired) electrons. The molecule has 1 fully saturated rings. The summed E-state index contributed by atoms with van der Waals surface area (Å²) in [6, 6.07) is 19.8. The number of nitrogens with zero attached hydrogens (tertiary/aromatic N) is 1.